The number of aryl methyl sites for hydroxylation is 2. The van der Waals surface area contributed by atoms with Crippen LogP contribution in [0.2, 0.25) is 5.02 Å². The van der Waals surface area contributed by atoms with E-state index in [1.807, 2.05) is 68.4 Å². The topological polar surface area (TPSA) is 78.7 Å². The van der Waals surface area contributed by atoms with Crippen LogP contribution in [-0.2, 0) is 0 Å². The molecule has 3 heterocycles. The molecule has 36 heavy (non-hydrogen) atoms. The minimum atomic E-state index is -0.214. The van der Waals surface area contributed by atoms with Gasteiger partial charge in [-0.05, 0) is 55.8 Å². The van der Waals surface area contributed by atoms with Crippen LogP contribution in [0.5, 0.6) is 0 Å². The van der Waals surface area contributed by atoms with Crippen LogP contribution in [0.15, 0.2) is 94.4 Å². The van der Waals surface area contributed by atoms with Crippen LogP contribution in [0.4, 0.5) is 0 Å². The van der Waals surface area contributed by atoms with E-state index in [4.69, 9.17) is 21.1 Å². The molecule has 3 aromatic heterocycles. The van der Waals surface area contributed by atoms with Gasteiger partial charge in [-0.1, -0.05) is 59.2 Å². The molecule has 0 aliphatic carbocycles. The highest BCUT2D eigenvalue weighted by Gasteiger charge is 2.18. The second kappa shape index (κ2) is 8.62. The Morgan fingerprint density at radius 1 is 0.833 bits per heavy atom. The van der Waals surface area contributed by atoms with Crippen LogP contribution in [0.3, 0.4) is 0 Å². The van der Waals surface area contributed by atoms with Crippen molar-refractivity contribution in [3.8, 4) is 33.9 Å². The van der Waals surface area contributed by atoms with Crippen molar-refractivity contribution in [2.45, 2.75) is 13.8 Å². The molecule has 8 heteroatoms. The van der Waals surface area contributed by atoms with Gasteiger partial charge in [-0.3, -0.25) is 9.36 Å². The third kappa shape index (κ3) is 3.70. The Kier molecular flexibility index (Phi) is 5.27. The molecule has 0 aliphatic rings. The minimum Gasteiger partial charge on any atom is -0.361 e. The lowest BCUT2D eigenvalue weighted by atomic mass is 10.0. The van der Waals surface area contributed by atoms with E-state index >= 15 is 0 Å². The summed E-state index contributed by atoms with van der Waals surface area (Å²) in [5, 5.41) is 9.67. The van der Waals surface area contributed by atoms with Crippen molar-refractivity contribution in [3.05, 3.63) is 112 Å². The first kappa shape index (κ1) is 22.0. The van der Waals surface area contributed by atoms with Crippen molar-refractivity contribution in [1.29, 1.82) is 0 Å². The van der Waals surface area contributed by atoms with E-state index in [-0.39, 0.29) is 5.56 Å². The molecule has 6 aromatic rings. The lowest BCUT2D eigenvalue weighted by Crippen LogP contribution is -2.21. The van der Waals surface area contributed by atoms with Crippen molar-refractivity contribution < 1.29 is 4.52 Å². The van der Waals surface area contributed by atoms with E-state index in [1.165, 1.54) is 0 Å². The summed E-state index contributed by atoms with van der Waals surface area (Å²) in [6.07, 6.45) is 1.72. The van der Waals surface area contributed by atoms with Crippen LogP contribution in [0.1, 0.15) is 11.5 Å². The summed E-state index contributed by atoms with van der Waals surface area (Å²) in [7, 11) is 0. The Balaban J connectivity index is 1.56. The summed E-state index contributed by atoms with van der Waals surface area (Å²) in [6.45, 7) is 3.80. The fraction of sp³-hybridized carbons (Fsp3) is 0.0714. The summed E-state index contributed by atoms with van der Waals surface area (Å²) in [4.78, 5) is 18.7. The van der Waals surface area contributed by atoms with Gasteiger partial charge in [0.2, 0.25) is 0 Å². The van der Waals surface area contributed by atoms with Gasteiger partial charge in [-0.15, -0.1) is 5.10 Å². The normalized spacial score (nSPS) is 11.3. The van der Waals surface area contributed by atoms with Crippen LogP contribution >= 0.6 is 11.6 Å². The van der Waals surface area contributed by atoms with Gasteiger partial charge >= 0.3 is 0 Å². The molecule has 0 saturated carbocycles. The van der Waals surface area contributed by atoms with E-state index in [2.05, 4.69) is 10.3 Å². The highest BCUT2D eigenvalue weighted by Crippen LogP contribution is 2.30. The van der Waals surface area contributed by atoms with Crippen molar-refractivity contribution in [2.24, 2.45) is 0 Å². The van der Waals surface area contributed by atoms with Gasteiger partial charge in [0.25, 0.3) is 5.56 Å². The van der Waals surface area contributed by atoms with Gasteiger partial charge in [-0.25, -0.2) is 9.67 Å². The van der Waals surface area contributed by atoms with E-state index in [9.17, 15) is 4.79 Å². The molecule has 0 bridgehead atoms. The minimum absolute atomic E-state index is 0.214. The molecule has 0 radical (unpaired) electrons. The highest BCUT2D eigenvalue weighted by molar-refractivity contribution is 6.30. The molecule has 0 unspecified atom stereocenters. The van der Waals surface area contributed by atoms with Crippen LogP contribution in [-0.4, -0.2) is 24.5 Å². The van der Waals surface area contributed by atoms with Crippen LogP contribution in [0, 0.1) is 13.8 Å². The summed E-state index contributed by atoms with van der Waals surface area (Å²) in [6, 6.07) is 24.6. The molecule has 0 N–H and O–H groups in total. The van der Waals surface area contributed by atoms with Crippen molar-refractivity contribution in [1.82, 2.24) is 24.5 Å². The molecule has 176 valence electrons. The maximum Gasteiger partial charge on any atom is 0.269 e. The van der Waals surface area contributed by atoms with Crippen molar-refractivity contribution in [3.63, 3.8) is 0 Å². The molecular weight excluding hydrogens is 474 g/mol. The summed E-state index contributed by atoms with van der Waals surface area (Å²) < 4.78 is 8.60. The second-order valence-electron chi connectivity index (χ2n) is 8.48. The van der Waals surface area contributed by atoms with E-state index < -0.39 is 0 Å². The van der Waals surface area contributed by atoms with Crippen LogP contribution in [0.25, 0.3) is 44.9 Å². The largest absolute Gasteiger partial charge is 0.361 e. The number of nitrogens with zero attached hydrogens (tertiary/aromatic N) is 5. The molecule has 7 nitrogen and oxygen atoms in total. The highest BCUT2D eigenvalue weighted by atomic mass is 35.5. The second-order valence-corrected chi connectivity index (χ2v) is 8.91. The number of aromatic nitrogens is 5. The molecule has 0 fully saturated rings. The SMILES string of the molecule is Cc1noc(C)c1-c1ccc(-c2nc3nn(-c4ccccc4)cc3c(=O)n2-c2ccc(Cl)cc2)cc1. The molecule has 0 atom stereocenters. The quantitative estimate of drug-likeness (QED) is 0.293. The van der Waals surface area contributed by atoms with E-state index in [0.717, 1.165) is 33.8 Å². The Bertz CT molecular complexity index is 1750. The zero-order valence-corrected chi connectivity index (χ0v) is 20.3. The first-order valence-electron chi connectivity index (χ1n) is 11.4. The van der Waals surface area contributed by atoms with E-state index in [1.54, 1.807) is 39.7 Å². The predicted molar refractivity (Wildman–Crippen MR) is 140 cm³/mol. The maximum atomic E-state index is 13.8. The lowest BCUT2D eigenvalue weighted by molar-refractivity contribution is 0.393. The van der Waals surface area contributed by atoms with Gasteiger partial charge in [0.05, 0.1) is 17.1 Å². The van der Waals surface area contributed by atoms with Gasteiger partial charge in [0, 0.05) is 22.3 Å². The van der Waals surface area contributed by atoms with Crippen molar-refractivity contribution in [2.75, 3.05) is 0 Å². The summed E-state index contributed by atoms with van der Waals surface area (Å²) in [5.41, 5.74) is 5.20. The smallest absolute Gasteiger partial charge is 0.269 e. The molecule has 0 aliphatic heterocycles. The summed E-state index contributed by atoms with van der Waals surface area (Å²) in [5.74, 6) is 1.24. The average molecular weight is 494 g/mol. The fourth-order valence-corrected chi connectivity index (χ4v) is 4.51. The van der Waals surface area contributed by atoms with E-state index in [0.29, 0.717) is 27.6 Å². The molecule has 6 rings (SSSR count). The Morgan fingerprint density at radius 2 is 1.53 bits per heavy atom. The molecule has 3 aromatic carbocycles. The molecule has 0 spiro atoms. The third-order valence-electron chi connectivity index (χ3n) is 6.12. The van der Waals surface area contributed by atoms with Gasteiger partial charge in [-0.2, -0.15) is 0 Å². The number of para-hydroxylation sites is 1. The van der Waals surface area contributed by atoms with Gasteiger partial charge in [0.15, 0.2) is 5.65 Å². The number of fused-ring (bicyclic) bond motifs is 1. The number of hydrogen-bond acceptors (Lipinski definition) is 5. The first-order valence-corrected chi connectivity index (χ1v) is 11.7. The number of benzene rings is 3. The maximum absolute atomic E-state index is 13.8. The number of halogens is 1. The Labute approximate surface area is 211 Å². The fourth-order valence-electron chi connectivity index (χ4n) is 4.38. The van der Waals surface area contributed by atoms with Crippen molar-refractivity contribution >= 4 is 22.6 Å². The Morgan fingerprint density at radius 3 is 2.19 bits per heavy atom. The lowest BCUT2D eigenvalue weighted by Gasteiger charge is -2.13. The molecular formula is C28H20ClN5O2. The first-order chi connectivity index (χ1) is 17.5. The number of rotatable bonds is 4. The molecule has 0 saturated heterocycles. The standard InChI is InChI=1S/C28H20ClN5O2/c1-17-25(18(2)36-32-17)19-8-10-20(11-9-19)27-30-26-24(16-33(31-26)22-6-4-3-5-7-22)28(35)34(27)23-14-12-21(29)13-15-23/h3-16H,1-2H3. The van der Waals surface area contributed by atoms with Gasteiger partial charge < -0.3 is 4.52 Å². The summed E-state index contributed by atoms with van der Waals surface area (Å²) >= 11 is 6.12. The number of hydrogen-bond donors (Lipinski definition) is 0. The van der Waals surface area contributed by atoms with Crippen LogP contribution < -0.4 is 5.56 Å². The Hall–Kier alpha value is -4.49. The van der Waals surface area contributed by atoms with Gasteiger partial charge in [0.1, 0.15) is 17.0 Å². The predicted octanol–water partition coefficient (Wildman–Crippen LogP) is 6.16. The zero-order chi connectivity index (χ0) is 24.8. The average Bonchev–Trinajstić information content (AvgIpc) is 3.48. The monoisotopic (exact) mass is 493 g/mol. The third-order valence-corrected chi connectivity index (χ3v) is 6.37. The molecule has 0 amide bonds. The zero-order valence-electron chi connectivity index (χ0n) is 19.5.